The van der Waals surface area contributed by atoms with Crippen LogP contribution in [-0.2, 0) is 11.3 Å². The van der Waals surface area contributed by atoms with Gasteiger partial charge in [-0.15, -0.1) is 24.0 Å². The van der Waals surface area contributed by atoms with Gasteiger partial charge in [0.1, 0.15) is 12.0 Å². The van der Waals surface area contributed by atoms with E-state index in [1.54, 1.807) is 13.4 Å². The fourth-order valence-electron chi connectivity index (χ4n) is 1.78. The molecule has 0 radical (unpaired) electrons. The Labute approximate surface area is 149 Å². The molecule has 8 heteroatoms. The number of likely N-dealkylation sites (N-methyl/N-ethyl adjacent to an activating group) is 1. The molecule has 0 atom stereocenters. The zero-order valence-corrected chi connectivity index (χ0v) is 16.0. The number of halogens is 1. The van der Waals surface area contributed by atoms with E-state index in [4.69, 9.17) is 9.26 Å². The van der Waals surface area contributed by atoms with Crippen LogP contribution >= 0.6 is 24.0 Å². The number of methoxy groups -OCH3 is 1. The summed E-state index contributed by atoms with van der Waals surface area (Å²) in [6.45, 7) is 7.02. The molecule has 0 bridgehead atoms. The topological polar surface area (TPSA) is 74.9 Å². The van der Waals surface area contributed by atoms with E-state index in [2.05, 4.69) is 32.7 Å². The van der Waals surface area contributed by atoms with E-state index in [1.807, 2.05) is 13.0 Å². The molecule has 2 N–H and O–H groups in total. The van der Waals surface area contributed by atoms with Crippen molar-refractivity contribution in [3.05, 3.63) is 18.0 Å². The smallest absolute Gasteiger partial charge is 0.191 e. The van der Waals surface area contributed by atoms with E-state index in [0.29, 0.717) is 6.54 Å². The van der Waals surface area contributed by atoms with Crippen molar-refractivity contribution in [3.63, 3.8) is 0 Å². The summed E-state index contributed by atoms with van der Waals surface area (Å²) in [4.78, 5) is 6.73. The highest BCUT2D eigenvalue weighted by Gasteiger charge is 2.01. The average molecular weight is 425 g/mol. The van der Waals surface area contributed by atoms with Crippen LogP contribution < -0.4 is 10.6 Å². The van der Waals surface area contributed by atoms with Gasteiger partial charge in [0.05, 0.1) is 6.54 Å². The molecule has 22 heavy (non-hydrogen) atoms. The highest BCUT2D eigenvalue weighted by molar-refractivity contribution is 14.0. The third-order valence-corrected chi connectivity index (χ3v) is 2.91. The first kappa shape index (κ1) is 21.1. The fraction of sp³-hybridized carbons (Fsp3) is 0.714. The molecule has 1 aromatic heterocycles. The van der Waals surface area contributed by atoms with Crippen LogP contribution in [0.3, 0.4) is 0 Å². The van der Waals surface area contributed by atoms with Crippen LogP contribution in [0.15, 0.2) is 21.8 Å². The first-order chi connectivity index (χ1) is 10.3. The fourth-order valence-corrected chi connectivity index (χ4v) is 1.78. The second-order valence-corrected chi connectivity index (χ2v) is 4.76. The third-order valence-electron chi connectivity index (χ3n) is 2.91. The van der Waals surface area contributed by atoms with Gasteiger partial charge in [-0.2, -0.15) is 0 Å². The van der Waals surface area contributed by atoms with Gasteiger partial charge in [0.2, 0.25) is 0 Å². The monoisotopic (exact) mass is 425 g/mol. The number of nitrogens with zero attached hydrogens (tertiary/aromatic N) is 3. The van der Waals surface area contributed by atoms with Crippen molar-refractivity contribution in [1.29, 1.82) is 0 Å². The lowest BCUT2D eigenvalue weighted by Crippen LogP contribution is -2.41. The minimum atomic E-state index is 0. The van der Waals surface area contributed by atoms with Crippen LogP contribution in [0, 0.1) is 0 Å². The molecule has 0 aromatic carbocycles. The Kier molecular flexibility index (Phi) is 13.2. The first-order valence-electron chi connectivity index (χ1n) is 7.35. The number of hydrogen-bond donors (Lipinski definition) is 2. The van der Waals surface area contributed by atoms with Crippen molar-refractivity contribution in [3.8, 4) is 0 Å². The summed E-state index contributed by atoms with van der Waals surface area (Å²) >= 11 is 0. The highest BCUT2D eigenvalue weighted by Crippen LogP contribution is 1.96. The first-order valence-corrected chi connectivity index (χ1v) is 7.35. The molecular formula is C14H28IN5O2. The van der Waals surface area contributed by atoms with Crippen LogP contribution in [0.2, 0.25) is 0 Å². The summed E-state index contributed by atoms with van der Waals surface area (Å²) < 4.78 is 9.84. The molecule has 0 fully saturated rings. The Balaban J connectivity index is 0.00000441. The predicted molar refractivity (Wildman–Crippen MR) is 98.7 cm³/mol. The summed E-state index contributed by atoms with van der Waals surface area (Å²) in [5.74, 6) is 0.797. The van der Waals surface area contributed by atoms with Crippen LogP contribution in [0.5, 0.6) is 0 Å². The van der Waals surface area contributed by atoms with Gasteiger partial charge in [-0.1, -0.05) is 5.16 Å². The third kappa shape index (κ3) is 9.96. The molecule has 0 aliphatic carbocycles. The minimum absolute atomic E-state index is 0. The molecule has 7 nitrogen and oxygen atoms in total. The lowest BCUT2D eigenvalue weighted by molar-refractivity contribution is 0.180. The van der Waals surface area contributed by atoms with Crippen molar-refractivity contribution < 1.29 is 9.26 Å². The average Bonchev–Trinajstić information content (AvgIpc) is 2.98. The number of rotatable bonds is 10. The van der Waals surface area contributed by atoms with E-state index >= 15 is 0 Å². The molecular weight excluding hydrogens is 397 g/mol. The molecule has 0 aliphatic rings. The molecule has 0 saturated heterocycles. The van der Waals surface area contributed by atoms with Gasteiger partial charge < -0.3 is 24.8 Å². The Hall–Kier alpha value is -0.870. The number of guanidine groups is 1. The number of hydrogen-bond acceptors (Lipinski definition) is 5. The Morgan fingerprint density at radius 1 is 1.41 bits per heavy atom. The van der Waals surface area contributed by atoms with Crippen molar-refractivity contribution >= 4 is 29.9 Å². The van der Waals surface area contributed by atoms with Gasteiger partial charge >= 0.3 is 0 Å². The number of ether oxygens (including phenoxy) is 1. The molecule has 0 unspecified atom stereocenters. The van der Waals surface area contributed by atoms with Gasteiger partial charge in [-0.3, -0.25) is 0 Å². The van der Waals surface area contributed by atoms with Crippen LogP contribution in [0.4, 0.5) is 0 Å². The second-order valence-electron chi connectivity index (χ2n) is 4.76. The van der Waals surface area contributed by atoms with Gasteiger partial charge in [0.25, 0.3) is 0 Å². The lowest BCUT2D eigenvalue weighted by atomic mass is 10.4. The zero-order valence-electron chi connectivity index (χ0n) is 13.7. The predicted octanol–water partition coefficient (Wildman–Crippen LogP) is 1.32. The Bertz CT molecular complexity index is 387. The molecule has 0 amide bonds. The van der Waals surface area contributed by atoms with Gasteiger partial charge in [-0.05, 0) is 20.4 Å². The summed E-state index contributed by atoms with van der Waals surface area (Å²) in [7, 11) is 3.84. The van der Waals surface area contributed by atoms with Crippen LogP contribution in [0.25, 0.3) is 0 Å². The SMILES string of the molecule is CCNC(=NCc1ccon1)NCCN(C)CCCOC.I. The Morgan fingerprint density at radius 2 is 2.23 bits per heavy atom. The van der Waals surface area contributed by atoms with E-state index in [1.165, 1.54) is 0 Å². The zero-order chi connectivity index (χ0) is 15.3. The molecule has 1 heterocycles. The van der Waals surface area contributed by atoms with Crippen molar-refractivity contribution in [1.82, 2.24) is 20.7 Å². The molecule has 0 spiro atoms. The van der Waals surface area contributed by atoms with E-state index in [9.17, 15) is 0 Å². The number of nitrogens with one attached hydrogen (secondary N) is 2. The van der Waals surface area contributed by atoms with Crippen molar-refractivity contribution in [2.45, 2.75) is 19.9 Å². The maximum absolute atomic E-state index is 5.05. The van der Waals surface area contributed by atoms with E-state index in [-0.39, 0.29) is 24.0 Å². The Morgan fingerprint density at radius 3 is 2.86 bits per heavy atom. The molecule has 1 aromatic rings. The van der Waals surface area contributed by atoms with E-state index < -0.39 is 0 Å². The number of aliphatic imine (C=N–C) groups is 1. The minimum Gasteiger partial charge on any atom is -0.385 e. The summed E-state index contributed by atoms with van der Waals surface area (Å²) in [5.41, 5.74) is 0.823. The summed E-state index contributed by atoms with van der Waals surface area (Å²) in [6.07, 6.45) is 2.60. The maximum atomic E-state index is 5.05. The van der Waals surface area contributed by atoms with Crippen molar-refractivity contribution in [2.75, 3.05) is 46.9 Å². The van der Waals surface area contributed by atoms with Gasteiger partial charge in [0, 0.05) is 46.0 Å². The van der Waals surface area contributed by atoms with Crippen LogP contribution in [0.1, 0.15) is 19.0 Å². The summed E-state index contributed by atoms with van der Waals surface area (Å²) in [6, 6.07) is 1.82. The normalized spacial score (nSPS) is 11.4. The lowest BCUT2D eigenvalue weighted by Gasteiger charge is -2.18. The summed E-state index contributed by atoms with van der Waals surface area (Å²) in [5, 5.41) is 10.4. The highest BCUT2D eigenvalue weighted by atomic mass is 127. The molecule has 128 valence electrons. The molecule has 1 rings (SSSR count). The second kappa shape index (κ2) is 13.8. The maximum Gasteiger partial charge on any atom is 0.191 e. The quantitative estimate of drug-likeness (QED) is 0.255. The van der Waals surface area contributed by atoms with Gasteiger partial charge in [-0.25, -0.2) is 4.99 Å². The number of aromatic nitrogens is 1. The van der Waals surface area contributed by atoms with E-state index in [0.717, 1.165) is 50.9 Å². The van der Waals surface area contributed by atoms with Crippen molar-refractivity contribution in [2.24, 2.45) is 4.99 Å². The largest absolute Gasteiger partial charge is 0.385 e. The van der Waals surface area contributed by atoms with Gasteiger partial charge in [0.15, 0.2) is 5.96 Å². The van der Waals surface area contributed by atoms with Crippen LogP contribution in [-0.4, -0.2) is 63.0 Å². The molecule has 0 aliphatic heterocycles. The standard InChI is InChI=1S/C14H27N5O2.HI/c1-4-15-14(17-12-13-6-11-21-18-13)16-7-9-19(2)8-5-10-20-3;/h6,11H,4-5,7-10,12H2,1-3H3,(H2,15,16,17);1H. The molecule has 0 saturated carbocycles.